The minimum atomic E-state index is -4.69. The Hall–Kier alpha value is -2.65. The molecule has 0 bridgehead atoms. The van der Waals surface area contributed by atoms with Gasteiger partial charge in [-0.25, -0.2) is 4.39 Å². The van der Waals surface area contributed by atoms with E-state index in [0.717, 1.165) is 17.7 Å². The van der Waals surface area contributed by atoms with E-state index >= 15 is 0 Å². The van der Waals surface area contributed by atoms with Gasteiger partial charge < -0.3 is 21.1 Å². The number of hydrogen-bond donors (Lipinski definition) is 2. The Morgan fingerprint density at radius 3 is 2.50 bits per heavy atom. The summed E-state index contributed by atoms with van der Waals surface area (Å²) in [4.78, 5) is 12.1. The van der Waals surface area contributed by atoms with Crippen LogP contribution in [0.1, 0.15) is 17.5 Å². The highest BCUT2D eigenvalue weighted by molar-refractivity contribution is 5.88. The lowest BCUT2D eigenvalue weighted by Gasteiger charge is -2.30. The largest absolute Gasteiger partial charge is 0.662 e. The molecule has 1 unspecified atom stereocenters. The maximum atomic E-state index is 13.2. The third-order valence-corrected chi connectivity index (χ3v) is 4.43. The molecule has 0 spiro atoms. The van der Waals surface area contributed by atoms with Crippen LogP contribution in [0.2, 0.25) is 0 Å². The number of carbonyl (C=O) groups excluding carboxylic acids is 1. The molecule has 9 heteroatoms. The predicted octanol–water partition coefficient (Wildman–Crippen LogP) is 4.42. The zero-order valence-electron chi connectivity index (χ0n) is 14.7. The van der Waals surface area contributed by atoms with Gasteiger partial charge in [0.15, 0.2) is 0 Å². The molecule has 3 rings (SSSR count). The lowest BCUT2D eigenvalue weighted by atomic mass is 9.99. The molecule has 2 aromatic rings. The highest BCUT2D eigenvalue weighted by Crippen LogP contribution is 2.36. The average molecular weight is 396 g/mol. The van der Waals surface area contributed by atoms with E-state index in [-0.39, 0.29) is 18.8 Å². The predicted molar refractivity (Wildman–Crippen MR) is 95.5 cm³/mol. The van der Waals surface area contributed by atoms with E-state index in [0.29, 0.717) is 24.8 Å². The van der Waals surface area contributed by atoms with E-state index in [1.807, 2.05) is 0 Å². The lowest BCUT2D eigenvalue weighted by molar-refractivity contribution is -0.137. The van der Waals surface area contributed by atoms with Crippen LogP contribution in [-0.4, -0.2) is 24.7 Å². The van der Waals surface area contributed by atoms with Crippen molar-refractivity contribution in [3.63, 3.8) is 0 Å². The molecule has 1 saturated heterocycles. The molecule has 1 fully saturated rings. The first kappa shape index (κ1) is 20.1. The maximum Gasteiger partial charge on any atom is 0.418 e. The quantitative estimate of drug-likeness (QED) is 0.735. The van der Waals surface area contributed by atoms with E-state index in [2.05, 4.69) is 10.6 Å². The van der Waals surface area contributed by atoms with Crippen LogP contribution in [0.4, 0.5) is 28.9 Å². The Morgan fingerprint density at radius 1 is 1.18 bits per heavy atom. The zero-order chi connectivity index (χ0) is 20.4. The molecule has 0 aromatic heterocycles. The number of anilines is 2. The van der Waals surface area contributed by atoms with Crippen molar-refractivity contribution >= 4 is 17.3 Å². The van der Waals surface area contributed by atoms with Gasteiger partial charge in [-0.1, -0.05) is 12.1 Å². The van der Waals surface area contributed by atoms with Crippen molar-refractivity contribution in [3.05, 3.63) is 65.1 Å². The summed E-state index contributed by atoms with van der Waals surface area (Å²) in [6.45, 7) is 0.617. The number of ether oxygens (including phenoxy) is 1. The van der Waals surface area contributed by atoms with Crippen molar-refractivity contribution in [2.45, 2.75) is 24.7 Å². The van der Waals surface area contributed by atoms with Gasteiger partial charge in [0, 0.05) is 25.4 Å². The van der Waals surface area contributed by atoms with Crippen LogP contribution in [-0.2, 0) is 22.3 Å². The Bertz CT molecular complexity index is 847. The van der Waals surface area contributed by atoms with E-state index in [1.165, 1.54) is 0 Å². The monoisotopic (exact) mass is 396 g/mol. The smallest absolute Gasteiger partial charge is 0.418 e. The fourth-order valence-electron chi connectivity index (χ4n) is 2.82. The number of nitrogens with one attached hydrogen (secondary N) is 3. The van der Waals surface area contributed by atoms with Crippen LogP contribution in [0.15, 0.2) is 42.5 Å². The molecule has 1 aliphatic rings. The van der Waals surface area contributed by atoms with Crippen molar-refractivity contribution in [2.24, 2.45) is 0 Å². The summed E-state index contributed by atoms with van der Waals surface area (Å²) in [6, 6.07) is 8.81. The average Bonchev–Trinajstić information content (AvgIpc) is 3.09. The van der Waals surface area contributed by atoms with Crippen LogP contribution < -0.4 is 10.6 Å². The Kier molecular flexibility index (Phi) is 5.57. The summed E-state index contributed by atoms with van der Waals surface area (Å²) < 4.78 is 57.4. The van der Waals surface area contributed by atoms with Gasteiger partial charge in [0.1, 0.15) is 5.82 Å². The zero-order valence-corrected chi connectivity index (χ0v) is 14.7. The second-order valence-electron chi connectivity index (χ2n) is 6.58. The maximum absolute atomic E-state index is 13.2. The van der Waals surface area contributed by atoms with Crippen LogP contribution in [0.25, 0.3) is 5.73 Å². The first-order chi connectivity index (χ1) is 13.2. The van der Waals surface area contributed by atoms with Gasteiger partial charge in [0.2, 0.25) is 5.91 Å². The van der Waals surface area contributed by atoms with Crippen LogP contribution in [0, 0.1) is 5.82 Å². The van der Waals surface area contributed by atoms with E-state index in [9.17, 15) is 22.4 Å². The summed E-state index contributed by atoms with van der Waals surface area (Å²) in [5.74, 6) is -1.39. The molecule has 1 heterocycles. The summed E-state index contributed by atoms with van der Waals surface area (Å²) in [5, 5.41) is 5.30. The molecular weight excluding hydrogens is 378 g/mol. The third-order valence-electron chi connectivity index (χ3n) is 4.43. The second-order valence-corrected chi connectivity index (χ2v) is 6.58. The second kappa shape index (κ2) is 7.76. The van der Waals surface area contributed by atoms with Gasteiger partial charge in [0.25, 0.3) is 0 Å². The van der Waals surface area contributed by atoms with Gasteiger partial charge in [-0.2, -0.15) is 13.2 Å². The van der Waals surface area contributed by atoms with Crippen LogP contribution in [0.3, 0.4) is 0 Å². The van der Waals surface area contributed by atoms with E-state index in [1.54, 1.807) is 24.3 Å². The molecule has 0 saturated carbocycles. The normalized spacial score (nSPS) is 19.5. The molecule has 150 valence electrons. The summed E-state index contributed by atoms with van der Waals surface area (Å²) in [5.41, 5.74) is 6.50. The Balaban J connectivity index is 1.65. The van der Waals surface area contributed by atoms with Gasteiger partial charge >= 0.3 is 6.18 Å². The van der Waals surface area contributed by atoms with E-state index < -0.39 is 29.0 Å². The standard InChI is InChI=1S/C19H18F4N3O2/c20-13-3-6-16(15(9-13)19(21,22)23)26-14-4-1-12(2-5-14)10-25-17(27)18(24)7-8-28-11-18/h1-6,9,24,26H,7-8,10-11H2,(H,25,27)/q-1. The van der Waals surface area contributed by atoms with Crippen molar-refractivity contribution < 1.29 is 27.1 Å². The molecular formula is C19H18F4N3O2-. The van der Waals surface area contributed by atoms with E-state index in [4.69, 9.17) is 10.5 Å². The number of alkyl halides is 3. The number of carbonyl (C=O) groups is 1. The minimum absolute atomic E-state index is 0.0564. The van der Waals surface area contributed by atoms with Gasteiger partial charge in [-0.05, 0) is 47.9 Å². The Labute approximate surface area is 158 Å². The Morgan fingerprint density at radius 2 is 1.89 bits per heavy atom. The summed E-state index contributed by atoms with van der Waals surface area (Å²) in [7, 11) is 0. The van der Waals surface area contributed by atoms with Crippen molar-refractivity contribution in [1.82, 2.24) is 5.32 Å². The number of hydrogen-bond acceptors (Lipinski definition) is 3. The highest BCUT2D eigenvalue weighted by atomic mass is 19.4. The minimum Gasteiger partial charge on any atom is -0.662 e. The molecule has 3 N–H and O–H groups in total. The number of amides is 1. The third kappa shape index (κ3) is 4.60. The molecule has 2 aromatic carbocycles. The molecule has 1 amide bonds. The molecule has 5 nitrogen and oxygen atoms in total. The van der Waals surface area contributed by atoms with Crippen molar-refractivity contribution in [1.29, 1.82) is 0 Å². The number of rotatable bonds is 5. The van der Waals surface area contributed by atoms with Crippen molar-refractivity contribution in [2.75, 3.05) is 18.5 Å². The van der Waals surface area contributed by atoms with Crippen LogP contribution in [0.5, 0.6) is 0 Å². The molecule has 0 radical (unpaired) electrons. The topological polar surface area (TPSA) is 74.2 Å². The van der Waals surface area contributed by atoms with Gasteiger partial charge in [-0.3, -0.25) is 4.79 Å². The van der Waals surface area contributed by atoms with Gasteiger partial charge in [0.05, 0.1) is 11.3 Å². The first-order valence-corrected chi connectivity index (χ1v) is 8.51. The molecule has 1 aliphatic heterocycles. The fourth-order valence-corrected chi connectivity index (χ4v) is 2.82. The molecule has 0 aliphatic carbocycles. The molecule has 1 atom stereocenters. The van der Waals surface area contributed by atoms with Crippen molar-refractivity contribution in [3.8, 4) is 0 Å². The summed E-state index contributed by atoms with van der Waals surface area (Å²) in [6.07, 6.45) is -4.36. The molecule has 28 heavy (non-hydrogen) atoms. The fraction of sp³-hybridized carbons (Fsp3) is 0.316. The lowest BCUT2D eigenvalue weighted by Crippen LogP contribution is -2.44. The first-order valence-electron chi connectivity index (χ1n) is 8.51. The van der Waals surface area contributed by atoms with Crippen LogP contribution >= 0.6 is 0 Å². The summed E-state index contributed by atoms with van der Waals surface area (Å²) >= 11 is 0. The highest BCUT2D eigenvalue weighted by Gasteiger charge is 2.34. The number of halogens is 4. The van der Waals surface area contributed by atoms with Gasteiger partial charge in [-0.15, -0.1) is 0 Å². The SMILES string of the molecule is [NH-]C1(C(=O)NCc2ccc(Nc3ccc(F)cc3C(F)(F)F)cc2)CCOC1. The number of benzene rings is 2.